The van der Waals surface area contributed by atoms with Gasteiger partial charge in [0, 0.05) is 11.8 Å². The third-order valence-electron chi connectivity index (χ3n) is 2.58. The number of rotatable bonds is 2. The fourth-order valence-corrected chi connectivity index (χ4v) is 1.72. The number of halogens is 2. The summed E-state index contributed by atoms with van der Waals surface area (Å²) in [5, 5.41) is 9.11. The Labute approximate surface area is 102 Å². The van der Waals surface area contributed by atoms with Crippen LogP contribution in [0.4, 0.5) is 8.78 Å². The van der Waals surface area contributed by atoms with Gasteiger partial charge in [0.1, 0.15) is 0 Å². The Morgan fingerprint density at radius 1 is 1.28 bits per heavy atom. The van der Waals surface area contributed by atoms with E-state index in [0.29, 0.717) is 5.56 Å². The van der Waals surface area contributed by atoms with Crippen LogP contribution in [-0.4, -0.2) is 16.1 Å². The molecule has 2 aromatic rings. The van der Waals surface area contributed by atoms with E-state index in [1.165, 1.54) is 24.4 Å². The number of hydrogen-bond donors (Lipinski definition) is 1. The molecule has 18 heavy (non-hydrogen) atoms. The maximum Gasteiger partial charge on any atom is 0.338 e. The van der Waals surface area contributed by atoms with Gasteiger partial charge in [-0.05, 0) is 30.7 Å². The van der Waals surface area contributed by atoms with Gasteiger partial charge in [0.25, 0.3) is 0 Å². The largest absolute Gasteiger partial charge is 0.478 e. The first kappa shape index (κ1) is 12.2. The highest BCUT2D eigenvalue weighted by atomic mass is 19.2. The van der Waals surface area contributed by atoms with E-state index in [2.05, 4.69) is 4.98 Å². The lowest BCUT2D eigenvalue weighted by molar-refractivity contribution is 0.0696. The summed E-state index contributed by atoms with van der Waals surface area (Å²) in [5.74, 6) is -3.36. The maximum absolute atomic E-state index is 13.7. The van der Waals surface area contributed by atoms with E-state index in [1.807, 2.05) is 0 Å². The van der Waals surface area contributed by atoms with E-state index >= 15 is 0 Å². The Morgan fingerprint density at radius 2 is 2.00 bits per heavy atom. The molecular weight excluding hydrogens is 240 g/mol. The fraction of sp³-hybridized carbons (Fsp3) is 0.0769. The second-order valence-corrected chi connectivity index (χ2v) is 3.76. The standard InChI is InChI=1S/C13H9F2NO2/c1-7-5-6-16-12(10(7)13(17)18)8-3-2-4-9(14)11(8)15/h2-6H,1H3,(H,17,18). The molecule has 0 amide bonds. The molecule has 0 atom stereocenters. The van der Waals surface area contributed by atoms with Gasteiger partial charge in [0.05, 0.1) is 11.3 Å². The molecule has 0 saturated carbocycles. The van der Waals surface area contributed by atoms with Crippen molar-refractivity contribution in [1.82, 2.24) is 4.98 Å². The van der Waals surface area contributed by atoms with Crippen LogP contribution < -0.4 is 0 Å². The van der Waals surface area contributed by atoms with Crippen molar-refractivity contribution >= 4 is 5.97 Å². The molecule has 0 fully saturated rings. The highest BCUT2D eigenvalue weighted by molar-refractivity contribution is 5.96. The van der Waals surface area contributed by atoms with Crippen LogP contribution in [0.3, 0.4) is 0 Å². The Bertz CT molecular complexity index is 626. The number of aromatic carboxylic acids is 1. The van der Waals surface area contributed by atoms with Gasteiger partial charge in [-0.2, -0.15) is 0 Å². The Balaban J connectivity index is 2.75. The zero-order valence-electron chi connectivity index (χ0n) is 9.45. The number of carbonyl (C=O) groups is 1. The number of nitrogens with zero attached hydrogens (tertiary/aromatic N) is 1. The molecule has 1 aromatic carbocycles. The highest BCUT2D eigenvalue weighted by Gasteiger charge is 2.19. The average Bonchev–Trinajstić information content (AvgIpc) is 2.32. The molecular formula is C13H9F2NO2. The van der Waals surface area contributed by atoms with Crippen LogP contribution in [0.25, 0.3) is 11.3 Å². The molecule has 3 nitrogen and oxygen atoms in total. The second-order valence-electron chi connectivity index (χ2n) is 3.76. The topological polar surface area (TPSA) is 50.2 Å². The molecule has 0 spiro atoms. The smallest absolute Gasteiger partial charge is 0.338 e. The highest BCUT2D eigenvalue weighted by Crippen LogP contribution is 2.27. The van der Waals surface area contributed by atoms with Gasteiger partial charge in [-0.15, -0.1) is 0 Å². The summed E-state index contributed by atoms with van der Waals surface area (Å²) in [7, 11) is 0. The fourth-order valence-electron chi connectivity index (χ4n) is 1.72. The van der Waals surface area contributed by atoms with E-state index in [-0.39, 0.29) is 16.8 Å². The lowest BCUT2D eigenvalue weighted by atomic mass is 10.0. The Kier molecular flexibility index (Phi) is 3.06. The summed E-state index contributed by atoms with van der Waals surface area (Å²) in [6, 6.07) is 5.08. The summed E-state index contributed by atoms with van der Waals surface area (Å²) >= 11 is 0. The molecule has 0 unspecified atom stereocenters. The predicted molar refractivity (Wildman–Crippen MR) is 61.3 cm³/mol. The van der Waals surface area contributed by atoms with E-state index in [4.69, 9.17) is 5.11 Å². The first-order valence-electron chi connectivity index (χ1n) is 5.15. The summed E-state index contributed by atoms with van der Waals surface area (Å²) in [6.07, 6.45) is 1.36. The maximum atomic E-state index is 13.7. The van der Waals surface area contributed by atoms with Crippen LogP contribution in [0, 0.1) is 18.6 Å². The van der Waals surface area contributed by atoms with E-state index in [0.717, 1.165) is 6.07 Å². The zero-order chi connectivity index (χ0) is 13.3. The van der Waals surface area contributed by atoms with Crippen molar-refractivity contribution in [2.24, 2.45) is 0 Å². The Morgan fingerprint density at radius 3 is 2.67 bits per heavy atom. The normalized spacial score (nSPS) is 10.4. The molecule has 1 N–H and O–H groups in total. The molecule has 0 saturated heterocycles. The molecule has 1 heterocycles. The number of carboxylic acid groups (broad SMARTS) is 1. The van der Waals surface area contributed by atoms with Crippen molar-refractivity contribution in [3.05, 3.63) is 53.2 Å². The van der Waals surface area contributed by atoms with Crippen LogP contribution in [0.1, 0.15) is 15.9 Å². The minimum absolute atomic E-state index is 0.0699. The first-order chi connectivity index (χ1) is 8.52. The molecule has 92 valence electrons. The zero-order valence-corrected chi connectivity index (χ0v) is 9.45. The summed E-state index contributed by atoms with van der Waals surface area (Å²) < 4.78 is 26.8. The van der Waals surface area contributed by atoms with Crippen LogP contribution >= 0.6 is 0 Å². The number of pyridine rings is 1. The number of aryl methyl sites for hydroxylation is 1. The molecule has 5 heteroatoms. The lowest BCUT2D eigenvalue weighted by Gasteiger charge is -2.09. The van der Waals surface area contributed by atoms with Crippen LogP contribution in [0.15, 0.2) is 30.5 Å². The van der Waals surface area contributed by atoms with Crippen LogP contribution in [0.2, 0.25) is 0 Å². The van der Waals surface area contributed by atoms with Gasteiger partial charge in [0.15, 0.2) is 11.6 Å². The summed E-state index contributed by atoms with van der Waals surface area (Å²) in [6.45, 7) is 1.58. The Hall–Kier alpha value is -2.30. The van der Waals surface area contributed by atoms with Crippen molar-refractivity contribution in [2.75, 3.05) is 0 Å². The third kappa shape index (κ3) is 1.95. The van der Waals surface area contributed by atoms with Crippen molar-refractivity contribution < 1.29 is 18.7 Å². The van der Waals surface area contributed by atoms with Crippen LogP contribution in [-0.2, 0) is 0 Å². The van der Waals surface area contributed by atoms with Gasteiger partial charge in [0.2, 0.25) is 0 Å². The van der Waals surface area contributed by atoms with E-state index in [1.54, 1.807) is 6.92 Å². The van der Waals surface area contributed by atoms with E-state index < -0.39 is 17.6 Å². The minimum atomic E-state index is -1.22. The van der Waals surface area contributed by atoms with Gasteiger partial charge in [-0.25, -0.2) is 13.6 Å². The number of aromatic nitrogens is 1. The van der Waals surface area contributed by atoms with Crippen molar-refractivity contribution in [1.29, 1.82) is 0 Å². The molecule has 0 aliphatic rings. The number of hydrogen-bond acceptors (Lipinski definition) is 2. The molecule has 2 rings (SSSR count). The van der Waals surface area contributed by atoms with Gasteiger partial charge in [-0.3, -0.25) is 4.98 Å². The first-order valence-corrected chi connectivity index (χ1v) is 5.15. The molecule has 0 bridgehead atoms. The number of carboxylic acids is 1. The molecule has 0 radical (unpaired) electrons. The lowest BCUT2D eigenvalue weighted by Crippen LogP contribution is -2.05. The monoisotopic (exact) mass is 249 g/mol. The van der Waals surface area contributed by atoms with Gasteiger partial charge in [-0.1, -0.05) is 6.07 Å². The van der Waals surface area contributed by atoms with Crippen LogP contribution in [0.5, 0.6) is 0 Å². The van der Waals surface area contributed by atoms with Gasteiger partial charge >= 0.3 is 5.97 Å². The van der Waals surface area contributed by atoms with Crippen molar-refractivity contribution in [3.63, 3.8) is 0 Å². The summed E-state index contributed by atoms with van der Waals surface area (Å²) in [5.41, 5.74) is 0.0914. The van der Waals surface area contributed by atoms with Crippen molar-refractivity contribution in [3.8, 4) is 11.3 Å². The quantitative estimate of drug-likeness (QED) is 0.889. The second kappa shape index (κ2) is 4.52. The summed E-state index contributed by atoms with van der Waals surface area (Å²) in [4.78, 5) is 15.0. The number of benzene rings is 1. The molecule has 0 aliphatic carbocycles. The average molecular weight is 249 g/mol. The SMILES string of the molecule is Cc1ccnc(-c2cccc(F)c2F)c1C(=O)O. The van der Waals surface area contributed by atoms with Crippen molar-refractivity contribution in [2.45, 2.75) is 6.92 Å². The predicted octanol–water partition coefficient (Wildman–Crippen LogP) is 3.03. The molecule has 1 aromatic heterocycles. The van der Waals surface area contributed by atoms with Gasteiger partial charge < -0.3 is 5.11 Å². The third-order valence-corrected chi connectivity index (χ3v) is 2.58. The van der Waals surface area contributed by atoms with E-state index in [9.17, 15) is 13.6 Å². The minimum Gasteiger partial charge on any atom is -0.478 e. The molecule has 0 aliphatic heterocycles.